The van der Waals surface area contributed by atoms with E-state index in [1.54, 1.807) is 0 Å². The number of hydrogen-bond acceptors (Lipinski definition) is 3. The van der Waals surface area contributed by atoms with E-state index in [1.807, 2.05) is 0 Å². The Bertz CT molecular complexity index is 40.5. The van der Waals surface area contributed by atoms with Gasteiger partial charge in [0.25, 0.3) is 0 Å². The summed E-state index contributed by atoms with van der Waals surface area (Å²) >= 11 is 0. The van der Waals surface area contributed by atoms with Gasteiger partial charge in [0.1, 0.15) is 0 Å². The SMILES string of the molecule is O.O.O.O.O.O.OCCNCCO.[Pt]. The molecule has 0 spiro atoms. The van der Waals surface area contributed by atoms with E-state index >= 15 is 0 Å². The first-order chi connectivity index (χ1) is 3.41. The van der Waals surface area contributed by atoms with Gasteiger partial charge in [-0.3, -0.25) is 0 Å². The van der Waals surface area contributed by atoms with Gasteiger partial charge in [-0.25, -0.2) is 0 Å². The third-order valence-electron chi connectivity index (χ3n) is 0.577. The number of nitrogens with one attached hydrogen (secondary N) is 1. The molecule has 0 aromatic carbocycles. The molecule has 14 heavy (non-hydrogen) atoms. The average molecular weight is 408 g/mol. The monoisotopic (exact) mass is 408 g/mol. The zero-order valence-corrected chi connectivity index (χ0v) is 9.81. The Morgan fingerprint density at radius 2 is 0.857 bits per heavy atom. The molecule has 0 atom stereocenters. The molecular formula is C4H23NO8Pt. The second-order valence-electron chi connectivity index (χ2n) is 1.20. The van der Waals surface area contributed by atoms with E-state index in [9.17, 15) is 0 Å². The van der Waals surface area contributed by atoms with Gasteiger partial charge in [0, 0.05) is 34.2 Å². The molecule has 9 nitrogen and oxygen atoms in total. The molecule has 10 heteroatoms. The average Bonchev–Trinajstić information content (AvgIpc) is 1.69. The van der Waals surface area contributed by atoms with Crippen molar-refractivity contribution >= 4 is 0 Å². The molecule has 0 radical (unpaired) electrons. The summed E-state index contributed by atoms with van der Waals surface area (Å²) in [5.41, 5.74) is 0. The molecule has 0 aliphatic heterocycles. The third-order valence-corrected chi connectivity index (χ3v) is 0.577. The van der Waals surface area contributed by atoms with Crippen LogP contribution in [0, 0.1) is 0 Å². The molecule has 0 bridgehead atoms. The molecule has 0 amide bonds. The van der Waals surface area contributed by atoms with Crippen LogP contribution in [0.15, 0.2) is 0 Å². The number of rotatable bonds is 4. The molecule has 0 saturated heterocycles. The van der Waals surface area contributed by atoms with Crippen LogP contribution in [-0.4, -0.2) is 69.4 Å². The van der Waals surface area contributed by atoms with Crippen molar-refractivity contribution in [2.24, 2.45) is 0 Å². The van der Waals surface area contributed by atoms with E-state index in [4.69, 9.17) is 10.2 Å². The van der Waals surface area contributed by atoms with Gasteiger partial charge in [0.2, 0.25) is 0 Å². The Morgan fingerprint density at radius 1 is 0.643 bits per heavy atom. The predicted molar refractivity (Wildman–Crippen MR) is 48.7 cm³/mol. The first kappa shape index (κ1) is 63.6. The van der Waals surface area contributed by atoms with Crippen molar-refractivity contribution in [1.29, 1.82) is 0 Å². The molecule has 0 aliphatic rings. The molecule has 15 N–H and O–H groups in total. The first-order valence-corrected chi connectivity index (χ1v) is 2.34. The summed E-state index contributed by atoms with van der Waals surface area (Å²) in [5, 5.41) is 19.1. The largest absolute Gasteiger partial charge is 0.412 e. The molecular weight excluding hydrogens is 385 g/mol. The van der Waals surface area contributed by atoms with Crippen LogP contribution in [0.3, 0.4) is 0 Å². The molecule has 0 saturated carbocycles. The van der Waals surface area contributed by atoms with Crippen molar-refractivity contribution in [3.05, 3.63) is 0 Å². The second kappa shape index (κ2) is 71.4. The van der Waals surface area contributed by atoms with Gasteiger partial charge in [-0.05, 0) is 0 Å². The van der Waals surface area contributed by atoms with Crippen molar-refractivity contribution in [2.75, 3.05) is 26.3 Å². The van der Waals surface area contributed by atoms with E-state index in [1.165, 1.54) is 0 Å². The van der Waals surface area contributed by atoms with Crippen LogP contribution < -0.4 is 5.32 Å². The zero-order chi connectivity index (χ0) is 5.54. The molecule has 0 unspecified atom stereocenters. The quantitative estimate of drug-likeness (QED) is 0.385. The summed E-state index contributed by atoms with van der Waals surface area (Å²) in [7, 11) is 0. The van der Waals surface area contributed by atoms with Gasteiger partial charge in [0.05, 0.1) is 13.2 Å². The molecule has 0 aromatic heterocycles. The van der Waals surface area contributed by atoms with Gasteiger partial charge in [-0.1, -0.05) is 0 Å². The Balaban J connectivity index is -0.00000000857. The summed E-state index contributed by atoms with van der Waals surface area (Å²) in [6.07, 6.45) is 0. The third kappa shape index (κ3) is 84.4. The van der Waals surface area contributed by atoms with Gasteiger partial charge in [-0.2, -0.15) is 0 Å². The molecule has 102 valence electrons. The number of aliphatic hydroxyl groups is 2. The smallest absolute Gasteiger partial charge is 0.0555 e. The van der Waals surface area contributed by atoms with E-state index in [0.29, 0.717) is 13.1 Å². The first-order valence-electron chi connectivity index (χ1n) is 2.34. The molecule has 0 heterocycles. The molecule has 0 aliphatic carbocycles. The fourth-order valence-corrected chi connectivity index (χ4v) is 0.283. The summed E-state index contributed by atoms with van der Waals surface area (Å²) in [6.45, 7) is 1.42. The van der Waals surface area contributed by atoms with Crippen LogP contribution >= 0.6 is 0 Å². The second-order valence-corrected chi connectivity index (χ2v) is 1.20. The van der Waals surface area contributed by atoms with Crippen LogP contribution in [0.5, 0.6) is 0 Å². The maximum atomic E-state index is 8.15. The van der Waals surface area contributed by atoms with Crippen LogP contribution in [0.2, 0.25) is 0 Å². The standard InChI is InChI=1S/C4H11NO2.6H2O.Pt/c6-3-1-5-2-4-7;;;;;;;/h5-7H,1-4H2;6*1H2;. The van der Waals surface area contributed by atoms with Gasteiger partial charge in [0.15, 0.2) is 0 Å². The summed E-state index contributed by atoms with van der Waals surface area (Å²) < 4.78 is 0. The van der Waals surface area contributed by atoms with Gasteiger partial charge < -0.3 is 48.4 Å². The van der Waals surface area contributed by atoms with Crippen LogP contribution in [-0.2, 0) is 21.1 Å². The molecule has 0 aromatic rings. The van der Waals surface area contributed by atoms with Crippen molar-refractivity contribution in [3.63, 3.8) is 0 Å². The van der Waals surface area contributed by atoms with Crippen molar-refractivity contribution in [2.45, 2.75) is 0 Å². The molecule has 0 fully saturated rings. The normalized spacial score (nSPS) is 4.71. The van der Waals surface area contributed by atoms with Gasteiger partial charge in [-0.15, -0.1) is 0 Å². The minimum atomic E-state index is 0. The maximum Gasteiger partial charge on any atom is 0.0555 e. The van der Waals surface area contributed by atoms with Crippen LogP contribution in [0.4, 0.5) is 0 Å². The predicted octanol–water partition coefficient (Wildman–Crippen LogP) is -6.39. The van der Waals surface area contributed by atoms with Crippen LogP contribution in [0.25, 0.3) is 0 Å². The number of hydrogen-bond donors (Lipinski definition) is 3. The fraction of sp³-hybridized carbons (Fsp3) is 1.00. The molecule has 0 rings (SSSR count). The van der Waals surface area contributed by atoms with E-state index in [2.05, 4.69) is 5.32 Å². The fourth-order valence-electron chi connectivity index (χ4n) is 0.283. The Morgan fingerprint density at radius 3 is 1.00 bits per heavy atom. The Kier molecular flexibility index (Phi) is 324. The van der Waals surface area contributed by atoms with Gasteiger partial charge >= 0.3 is 0 Å². The Hall–Kier alpha value is 0.328. The van der Waals surface area contributed by atoms with Crippen molar-refractivity contribution in [1.82, 2.24) is 5.32 Å². The topological polar surface area (TPSA) is 241 Å². The van der Waals surface area contributed by atoms with Crippen molar-refractivity contribution < 1.29 is 64.1 Å². The van der Waals surface area contributed by atoms with Crippen molar-refractivity contribution in [3.8, 4) is 0 Å². The van der Waals surface area contributed by atoms with Crippen LogP contribution in [0.1, 0.15) is 0 Å². The summed E-state index contributed by atoms with van der Waals surface area (Å²) in [5.74, 6) is 0. The minimum Gasteiger partial charge on any atom is -0.412 e. The van der Waals surface area contributed by atoms with E-state index in [0.717, 1.165) is 0 Å². The van der Waals surface area contributed by atoms with E-state index < -0.39 is 0 Å². The summed E-state index contributed by atoms with van der Waals surface area (Å²) in [6, 6.07) is 0. The summed E-state index contributed by atoms with van der Waals surface area (Å²) in [4.78, 5) is 0. The van der Waals surface area contributed by atoms with E-state index in [-0.39, 0.29) is 67.1 Å². The Labute approximate surface area is 96.2 Å². The number of aliphatic hydroxyl groups excluding tert-OH is 2. The minimum absolute atomic E-state index is 0. The maximum absolute atomic E-state index is 8.15. The zero-order valence-electron chi connectivity index (χ0n) is 7.54.